The number of aromatic nitrogens is 2. The van der Waals surface area contributed by atoms with Crippen molar-refractivity contribution >= 4 is 5.97 Å². The van der Waals surface area contributed by atoms with Crippen LogP contribution in [0.15, 0.2) is 29.1 Å². The number of carboxylic acids is 1. The van der Waals surface area contributed by atoms with Gasteiger partial charge in [-0.1, -0.05) is 6.07 Å². The van der Waals surface area contributed by atoms with Crippen molar-refractivity contribution in [1.82, 2.24) is 9.78 Å². The lowest BCUT2D eigenvalue weighted by molar-refractivity contribution is 0.0686. The molecule has 1 aromatic heterocycles. The first kappa shape index (κ1) is 12.9. The molecule has 0 saturated carbocycles. The molecule has 0 unspecified atom stereocenters. The summed E-state index contributed by atoms with van der Waals surface area (Å²) in [4.78, 5) is 22.3. The molecular formula is C13H11FN2O3. The van der Waals surface area contributed by atoms with E-state index in [1.54, 1.807) is 26.0 Å². The molecule has 0 atom stereocenters. The van der Waals surface area contributed by atoms with E-state index in [1.807, 2.05) is 0 Å². The van der Waals surface area contributed by atoms with Gasteiger partial charge in [-0.3, -0.25) is 4.79 Å². The molecule has 1 heterocycles. The number of benzene rings is 1. The van der Waals surface area contributed by atoms with Gasteiger partial charge in [-0.15, -0.1) is 0 Å². The third-order valence-corrected chi connectivity index (χ3v) is 2.71. The van der Waals surface area contributed by atoms with E-state index in [-0.39, 0.29) is 0 Å². The molecule has 0 amide bonds. The van der Waals surface area contributed by atoms with E-state index in [9.17, 15) is 14.0 Å². The van der Waals surface area contributed by atoms with Crippen molar-refractivity contribution < 1.29 is 14.3 Å². The summed E-state index contributed by atoms with van der Waals surface area (Å²) in [5, 5.41) is 12.6. The number of rotatable bonds is 2. The van der Waals surface area contributed by atoms with Gasteiger partial charge in [-0.2, -0.15) is 5.10 Å². The minimum absolute atomic E-state index is 0.364. The molecule has 1 N–H and O–H groups in total. The summed E-state index contributed by atoms with van der Waals surface area (Å²) in [6, 6.07) is 5.57. The van der Waals surface area contributed by atoms with Crippen LogP contribution < -0.4 is 5.43 Å². The molecule has 0 saturated heterocycles. The molecule has 1 aromatic carbocycles. The second-order valence-electron chi connectivity index (χ2n) is 4.15. The molecule has 6 heteroatoms. The average Bonchev–Trinajstić information content (AvgIpc) is 2.32. The highest BCUT2D eigenvalue weighted by atomic mass is 19.1. The normalized spacial score (nSPS) is 10.5. The molecule has 98 valence electrons. The van der Waals surface area contributed by atoms with Crippen LogP contribution in [-0.4, -0.2) is 20.9 Å². The lowest BCUT2D eigenvalue weighted by Gasteiger charge is -2.10. The molecule has 0 aliphatic rings. The quantitative estimate of drug-likeness (QED) is 0.893. The minimum atomic E-state index is -1.41. The highest BCUT2D eigenvalue weighted by Gasteiger charge is 2.14. The van der Waals surface area contributed by atoms with Gasteiger partial charge < -0.3 is 5.11 Å². The fourth-order valence-electron chi connectivity index (χ4n) is 1.67. The van der Waals surface area contributed by atoms with E-state index in [0.29, 0.717) is 16.9 Å². The first-order valence-electron chi connectivity index (χ1n) is 5.51. The number of aromatic carboxylic acids is 1. The Hall–Kier alpha value is -2.50. The second-order valence-corrected chi connectivity index (χ2v) is 4.15. The number of carboxylic acid groups (broad SMARTS) is 1. The van der Waals surface area contributed by atoms with Crippen LogP contribution in [-0.2, 0) is 0 Å². The second kappa shape index (κ2) is 4.64. The Morgan fingerprint density at radius 1 is 1.32 bits per heavy atom. The lowest BCUT2D eigenvalue weighted by Crippen LogP contribution is -2.22. The number of halogens is 1. The van der Waals surface area contributed by atoms with Crippen LogP contribution >= 0.6 is 0 Å². The molecule has 2 aromatic rings. The number of hydrogen-bond donors (Lipinski definition) is 1. The molecule has 0 spiro atoms. The summed E-state index contributed by atoms with van der Waals surface area (Å²) >= 11 is 0. The maximum atomic E-state index is 13.5. The van der Waals surface area contributed by atoms with E-state index in [4.69, 9.17) is 5.11 Å². The topological polar surface area (TPSA) is 72.2 Å². The Morgan fingerprint density at radius 2 is 2.00 bits per heavy atom. The van der Waals surface area contributed by atoms with Gasteiger partial charge >= 0.3 is 5.97 Å². The molecule has 19 heavy (non-hydrogen) atoms. The van der Waals surface area contributed by atoms with Crippen molar-refractivity contribution in [1.29, 1.82) is 0 Å². The SMILES string of the molecule is Cc1ccc(-n2nc(C(=O)O)c(=O)cc2C)cc1F. The van der Waals surface area contributed by atoms with Crippen molar-refractivity contribution in [3.63, 3.8) is 0 Å². The average molecular weight is 262 g/mol. The maximum Gasteiger partial charge on any atom is 0.360 e. The van der Waals surface area contributed by atoms with Gasteiger partial charge in [0.25, 0.3) is 0 Å². The number of aryl methyl sites for hydroxylation is 2. The van der Waals surface area contributed by atoms with Crippen molar-refractivity contribution in [2.24, 2.45) is 0 Å². The molecule has 5 nitrogen and oxygen atoms in total. The molecular weight excluding hydrogens is 251 g/mol. The van der Waals surface area contributed by atoms with Crippen LogP contribution in [0, 0.1) is 19.7 Å². The predicted molar refractivity (Wildman–Crippen MR) is 66.2 cm³/mol. The smallest absolute Gasteiger partial charge is 0.360 e. The summed E-state index contributed by atoms with van der Waals surface area (Å²) in [5.41, 5.74) is 0.00248. The van der Waals surface area contributed by atoms with Crippen LogP contribution in [0.25, 0.3) is 5.69 Å². The number of carbonyl (C=O) groups is 1. The van der Waals surface area contributed by atoms with Gasteiger partial charge in [0.1, 0.15) is 5.82 Å². The van der Waals surface area contributed by atoms with E-state index in [2.05, 4.69) is 5.10 Å². The summed E-state index contributed by atoms with van der Waals surface area (Å²) in [5.74, 6) is -1.83. The standard InChI is InChI=1S/C13H11FN2O3/c1-7-3-4-9(6-10(7)14)16-8(2)5-11(17)12(15-16)13(18)19/h3-6H,1-2H3,(H,18,19). The summed E-state index contributed by atoms with van der Waals surface area (Å²) in [7, 11) is 0. The van der Waals surface area contributed by atoms with Gasteiger partial charge in [-0.25, -0.2) is 13.9 Å². The summed E-state index contributed by atoms with van der Waals surface area (Å²) in [6.07, 6.45) is 0. The molecule has 0 radical (unpaired) electrons. The Kier molecular flexibility index (Phi) is 3.16. The highest BCUT2D eigenvalue weighted by molar-refractivity contribution is 5.84. The van der Waals surface area contributed by atoms with Crippen LogP contribution in [0.3, 0.4) is 0 Å². The van der Waals surface area contributed by atoms with Crippen LogP contribution in [0.4, 0.5) is 4.39 Å². The maximum absolute atomic E-state index is 13.5. The van der Waals surface area contributed by atoms with Gasteiger partial charge in [0, 0.05) is 11.8 Å². The molecule has 0 aliphatic carbocycles. The fourth-order valence-corrected chi connectivity index (χ4v) is 1.67. The van der Waals surface area contributed by atoms with Crippen molar-refractivity contribution in [3.8, 4) is 5.69 Å². The summed E-state index contributed by atoms with van der Waals surface area (Å²) < 4.78 is 14.7. The first-order valence-corrected chi connectivity index (χ1v) is 5.51. The van der Waals surface area contributed by atoms with E-state index in [0.717, 1.165) is 6.07 Å². The Morgan fingerprint density at radius 3 is 2.58 bits per heavy atom. The van der Waals surface area contributed by atoms with Gasteiger partial charge in [0.05, 0.1) is 5.69 Å². The molecule has 0 bridgehead atoms. The van der Waals surface area contributed by atoms with Gasteiger partial charge in [0.15, 0.2) is 0 Å². The monoisotopic (exact) mass is 262 g/mol. The Bertz CT molecular complexity index is 722. The minimum Gasteiger partial charge on any atom is -0.476 e. The first-order chi connectivity index (χ1) is 8.90. The largest absolute Gasteiger partial charge is 0.476 e. The van der Waals surface area contributed by atoms with Crippen LogP contribution in [0.1, 0.15) is 21.7 Å². The van der Waals surface area contributed by atoms with Crippen molar-refractivity contribution in [3.05, 3.63) is 57.3 Å². The van der Waals surface area contributed by atoms with E-state index >= 15 is 0 Å². The highest BCUT2D eigenvalue weighted by Crippen LogP contribution is 2.13. The molecule has 2 rings (SSSR count). The van der Waals surface area contributed by atoms with Crippen molar-refractivity contribution in [2.75, 3.05) is 0 Å². The Balaban J connectivity index is 2.68. The van der Waals surface area contributed by atoms with Crippen LogP contribution in [0.5, 0.6) is 0 Å². The lowest BCUT2D eigenvalue weighted by atomic mass is 10.2. The van der Waals surface area contributed by atoms with Crippen molar-refractivity contribution in [2.45, 2.75) is 13.8 Å². The zero-order valence-electron chi connectivity index (χ0n) is 10.3. The third kappa shape index (κ3) is 2.37. The zero-order chi connectivity index (χ0) is 14.2. The fraction of sp³-hybridized carbons (Fsp3) is 0.154. The van der Waals surface area contributed by atoms with Crippen LogP contribution in [0.2, 0.25) is 0 Å². The number of hydrogen-bond acceptors (Lipinski definition) is 3. The third-order valence-electron chi connectivity index (χ3n) is 2.71. The molecule has 0 fully saturated rings. The predicted octanol–water partition coefficient (Wildman–Crippen LogP) is 1.69. The number of nitrogens with zero attached hydrogens (tertiary/aromatic N) is 2. The van der Waals surface area contributed by atoms with Gasteiger partial charge in [0.2, 0.25) is 11.1 Å². The zero-order valence-corrected chi connectivity index (χ0v) is 10.3. The Labute approximate surface area is 107 Å². The summed E-state index contributed by atoms with van der Waals surface area (Å²) in [6.45, 7) is 3.21. The van der Waals surface area contributed by atoms with E-state index < -0.39 is 22.9 Å². The van der Waals surface area contributed by atoms with E-state index in [1.165, 1.54) is 10.7 Å². The van der Waals surface area contributed by atoms with Gasteiger partial charge in [-0.05, 0) is 31.5 Å². The molecule has 0 aliphatic heterocycles.